The lowest BCUT2D eigenvalue weighted by Crippen LogP contribution is -2.29. The summed E-state index contributed by atoms with van der Waals surface area (Å²) in [6.07, 6.45) is 21.9. The van der Waals surface area contributed by atoms with Crippen LogP contribution < -0.4 is 0 Å². The van der Waals surface area contributed by atoms with Gasteiger partial charge in [-0.3, -0.25) is 0 Å². The average Bonchev–Trinajstić information content (AvgIpc) is 2.89. The second-order valence-corrected chi connectivity index (χ2v) is 12.7. The van der Waals surface area contributed by atoms with Crippen molar-refractivity contribution >= 4 is 0 Å². The summed E-state index contributed by atoms with van der Waals surface area (Å²) in [4.78, 5) is 0. The first-order valence-corrected chi connectivity index (χ1v) is 15.2. The van der Waals surface area contributed by atoms with Crippen LogP contribution in [0, 0.1) is 35.5 Å². The van der Waals surface area contributed by atoms with Crippen molar-refractivity contribution in [1.29, 1.82) is 0 Å². The number of hydrogen-bond acceptors (Lipinski definition) is 0. The molecule has 186 valence electrons. The van der Waals surface area contributed by atoms with Gasteiger partial charge in [-0.25, -0.2) is 0 Å². The molecule has 3 aliphatic rings. The fraction of sp³-hybridized carbons (Fsp3) is 0.818. The lowest BCUT2D eigenvalue weighted by atomic mass is 9.65. The highest BCUT2D eigenvalue weighted by Gasteiger charge is 2.33. The zero-order valence-corrected chi connectivity index (χ0v) is 22.5. The molecule has 0 saturated heterocycles. The summed E-state index contributed by atoms with van der Waals surface area (Å²) in [5.41, 5.74) is 3.23. The molecule has 2 unspecified atom stereocenters. The molecule has 0 aliphatic heterocycles. The van der Waals surface area contributed by atoms with Gasteiger partial charge in [-0.15, -0.1) is 0 Å². The van der Waals surface area contributed by atoms with Crippen LogP contribution in [0.5, 0.6) is 0 Å². The van der Waals surface area contributed by atoms with E-state index in [9.17, 15) is 0 Å². The van der Waals surface area contributed by atoms with Crippen LogP contribution in [-0.2, 0) is 0 Å². The SMILES string of the molecule is CCCC1CCC(c2ccc(C(C)C3CCC(C(C)C4CCC(CC)CC4)CC3)cc2)CC1. The van der Waals surface area contributed by atoms with Crippen LogP contribution in [0.2, 0.25) is 0 Å². The Kier molecular flexibility index (Phi) is 9.41. The van der Waals surface area contributed by atoms with Crippen LogP contribution in [0.3, 0.4) is 0 Å². The van der Waals surface area contributed by atoms with Crippen molar-refractivity contribution in [2.24, 2.45) is 35.5 Å². The Balaban J connectivity index is 1.24. The van der Waals surface area contributed by atoms with E-state index in [-0.39, 0.29) is 0 Å². The predicted octanol–water partition coefficient (Wildman–Crippen LogP) is 10.5. The van der Waals surface area contributed by atoms with Crippen molar-refractivity contribution in [3.8, 4) is 0 Å². The van der Waals surface area contributed by atoms with Crippen LogP contribution in [-0.4, -0.2) is 0 Å². The molecule has 0 aromatic heterocycles. The van der Waals surface area contributed by atoms with Crippen LogP contribution in [0.4, 0.5) is 0 Å². The summed E-state index contributed by atoms with van der Waals surface area (Å²) >= 11 is 0. The Bertz CT molecular complexity index is 662. The largest absolute Gasteiger partial charge is 0.0654 e. The van der Waals surface area contributed by atoms with E-state index in [1.165, 1.54) is 96.3 Å². The zero-order chi connectivity index (χ0) is 23.2. The fourth-order valence-corrected chi connectivity index (χ4v) is 8.21. The van der Waals surface area contributed by atoms with Gasteiger partial charge in [-0.05, 0) is 123 Å². The van der Waals surface area contributed by atoms with E-state index in [1.807, 2.05) is 0 Å². The van der Waals surface area contributed by atoms with E-state index < -0.39 is 0 Å². The average molecular weight is 451 g/mol. The van der Waals surface area contributed by atoms with Crippen molar-refractivity contribution < 1.29 is 0 Å². The number of rotatable bonds is 8. The third-order valence-corrected chi connectivity index (χ3v) is 11.0. The van der Waals surface area contributed by atoms with E-state index in [0.29, 0.717) is 0 Å². The first-order chi connectivity index (χ1) is 16.1. The Hall–Kier alpha value is -0.780. The first kappa shape index (κ1) is 25.3. The number of benzene rings is 1. The molecular weight excluding hydrogens is 396 g/mol. The molecule has 0 heteroatoms. The third-order valence-electron chi connectivity index (χ3n) is 11.0. The molecule has 3 saturated carbocycles. The molecule has 0 heterocycles. The minimum absolute atomic E-state index is 0.732. The van der Waals surface area contributed by atoms with E-state index in [1.54, 1.807) is 11.1 Å². The Morgan fingerprint density at radius 2 is 1.15 bits per heavy atom. The highest BCUT2D eigenvalue weighted by atomic mass is 14.4. The summed E-state index contributed by atoms with van der Waals surface area (Å²) < 4.78 is 0. The highest BCUT2D eigenvalue weighted by Crippen LogP contribution is 2.45. The lowest BCUT2D eigenvalue weighted by molar-refractivity contribution is 0.119. The molecular formula is C33H54. The summed E-state index contributed by atoms with van der Waals surface area (Å²) in [6.45, 7) is 9.87. The molecule has 2 atom stereocenters. The van der Waals surface area contributed by atoms with Gasteiger partial charge >= 0.3 is 0 Å². The van der Waals surface area contributed by atoms with E-state index in [0.717, 1.165) is 47.3 Å². The van der Waals surface area contributed by atoms with Gasteiger partial charge in [-0.1, -0.05) is 84.1 Å². The predicted molar refractivity (Wildman–Crippen MR) is 145 cm³/mol. The third kappa shape index (κ3) is 6.46. The zero-order valence-electron chi connectivity index (χ0n) is 22.5. The molecule has 1 aromatic carbocycles. The van der Waals surface area contributed by atoms with Gasteiger partial charge in [0, 0.05) is 0 Å². The molecule has 4 rings (SSSR count). The fourth-order valence-electron chi connectivity index (χ4n) is 8.21. The van der Waals surface area contributed by atoms with Gasteiger partial charge in [0.2, 0.25) is 0 Å². The van der Waals surface area contributed by atoms with E-state index in [2.05, 4.69) is 52.0 Å². The second kappa shape index (κ2) is 12.3. The molecule has 0 N–H and O–H groups in total. The first-order valence-electron chi connectivity index (χ1n) is 15.2. The molecule has 3 aliphatic carbocycles. The molecule has 3 fully saturated rings. The van der Waals surface area contributed by atoms with Crippen molar-refractivity contribution in [1.82, 2.24) is 0 Å². The Labute approximate surface area is 206 Å². The van der Waals surface area contributed by atoms with Crippen LogP contribution in [0.25, 0.3) is 0 Å². The van der Waals surface area contributed by atoms with Gasteiger partial charge in [0.05, 0.1) is 0 Å². The van der Waals surface area contributed by atoms with Gasteiger partial charge in [-0.2, -0.15) is 0 Å². The van der Waals surface area contributed by atoms with Gasteiger partial charge in [0.15, 0.2) is 0 Å². The van der Waals surface area contributed by atoms with Crippen molar-refractivity contribution in [3.63, 3.8) is 0 Å². The summed E-state index contributed by atoms with van der Waals surface area (Å²) in [7, 11) is 0. The number of hydrogen-bond donors (Lipinski definition) is 0. The quantitative estimate of drug-likeness (QED) is 0.369. The molecule has 0 nitrogen and oxygen atoms in total. The molecule has 33 heavy (non-hydrogen) atoms. The molecule has 0 bridgehead atoms. The summed E-state index contributed by atoms with van der Waals surface area (Å²) in [5.74, 6) is 7.49. The van der Waals surface area contributed by atoms with E-state index >= 15 is 0 Å². The molecule has 1 aromatic rings. The maximum absolute atomic E-state index is 2.61. The second-order valence-electron chi connectivity index (χ2n) is 12.7. The maximum Gasteiger partial charge on any atom is -0.0162 e. The van der Waals surface area contributed by atoms with Crippen molar-refractivity contribution in [2.45, 2.75) is 136 Å². The standard InChI is InChI=1S/C33H54/c1-5-7-27-10-14-32(15-11-27)33-22-20-31(21-23-33)25(4)30-18-16-29(17-19-30)24(3)28-12-8-26(6-2)9-13-28/h20-30,32H,5-19H2,1-4H3. The van der Waals surface area contributed by atoms with Gasteiger partial charge in [0.25, 0.3) is 0 Å². The van der Waals surface area contributed by atoms with Crippen molar-refractivity contribution in [3.05, 3.63) is 35.4 Å². The smallest absolute Gasteiger partial charge is 0.0162 e. The minimum atomic E-state index is 0.732. The summed E-state index contributed by atoms with van der Waals surface area (Å²) in [6, 6.07) is 9.99. The molecule has 0 spiro atoms. The lowest BCUT2D eigenvalue weighted by Gasteiger charge is -2.40. The van der Waals surface area contributed by atoms with Crippen LogP contribution >= 0.6 is 0 Å². The topological polar surface area (TPSA) is 0 Å². The maximum atomic E-state index is 2.61. The van der Waals surface area contributed by atoms with Crippen LogP contribution in [0.1, 0.15) is 147 Å². The monoisotopic (exact) mass is 450 g/mol. The van der Waals surface area contributed by atoms with Crippen LogP contribution in [0.15, 0.2) is 24.3 Å². The van der Waals surface area contributed by atoms with Gasteiger partial charge < -0.3 is 0 Å². The highest BCUT2D eigenvalue weighted by molar-refractivity contribution is 5.28. The Morgan fingerprint density at radius 1 is 0.636 bits per heavy atom. The van der Waals surface area contributed by atoms with Crippen molar-refractivity contribution in [2.75, 3.05) is 0 Å². The normalized spacial score (nSPS) is 35.2. The van der Waals surface area contributed by atoms with E-state index in [4.69, 9.17) is 0 Å². The van der Waals surface area contributed by atoms with Gasteiger partial charge in [0.1, 0.15) is 0 Å². The Morgan fingerprint density at radius 3 is 1.70 bits per heavy atom. The summed E-state index contributed by atoms with van der Waals surface area (Å²) in [5, 5.41) is 0. The minimum Gasteiger partial charge on any atom is -0.0654 e. The molecule has 0 radical (unpaired) electrons. The molecule has 0 amide bonds.